The summed E-state index contributed by atoms with van der Waals surface area (Å²) in [4.78, 5) is 25.3. The molecular formula is C15H16FNO3. The molecule has 1 amide bonds. The second kappa shape index (κ2) is 4.58. The van der Waals surface area contributed by atoms with E-state index in [4.69, 9.17) is 0 Å². The Balaban J connectivity index is 1.91. The van der Waals surface area contributed by atoms with E-state index in [0.29, 0.717) is 37.8 Å². The Kier molecular flexibility index (Phi) is 3.00. The number of hydrogen-bond donors (Lipinski definition) is 1. The Labute approximate surface area is 116 Å². The molecule has 106 valence electrons. The molecule has 1 saturated heterocycles. The number of nitrogens with zero attached hydrogens (tertiary/aromatic N) is 1. The Morgan fingerprint density at radius 3 is 2.60 bits per heavy atom. The number of hydrogen-bond acceptors (Lipinski definition) is 2. The summed E-state index contributed by atoms with van der Waals surface area (Å²) in [7, 11) is 0. The van der Waals surface area contributed by atoms with Crippen LogP contribution >= 0.6 is 0 Å². The minimum atomic E-state index is -0.972. The van der Waals surface area contributed by atoms with Gasteiger partial charge in [0.05, 0.1) is 5.41 Å². The van der Waals surface area contributed by atoms with Crippen LogP contribution in [0.15, 0.2) is 24.3 Å². The predicted molar refractivity (Wildman–Crippen MR) is 69.7 cm³/mol. The van der Waals surface area contributed by atoms with Gasteiger partial charge < -0.3 is 10.0 Å². The minimum absolute atomic E-state index is 0.229. The lowest BCUT2D eigenvalue weighted by Crippen LogP contribution is -2.45. The number of carboxylic acid groups (broad SMARTS) is 1. The van der Waals surface area contributed by atoms with Crippen molar-refractivity contribution < 1.29 is 19.1 Å². The van der Waals surface area contributed by atoms with E-state index >= 15 is 0 Å². The third-order valence-electron chi connectivity index (χ3n) is 4.35. The van der Waals surface area contributed by atoms with Gasteiger partial charge in [-0.25, -0.2) is 9.18 Å². The molecule has 1 unspecified atom stereocenters. The largest absolute Gasteiger partial charge is 0.480 e. The van der Waals surface area contributed by atoms with Crippen LogP contribution in [0.4, 0.5) is 4.39 Å². The van der Waals surface area contributed by atoms with Crippen molar-refractivity contribution in [1.29, 1.82) is 0 Å². The zero-order valence-corrected chi connectivity index (χ0v) is 11.0. The number of halogens is 1. The van der Waals surface area contributed by atoms with E-state index in [-0.39, 0.29) is 11.7 Å². The highest BCUT2D eigenvalue weighted by Crippen LogP contribution is 2.51. The SMILES string of the molecule is O=C(O)C1CCCN1C(=O)C1(c2ccccc2F)CC1. The highest BCUT2D eigenvalue weighted by Gasteiger charge is 2.56. The van der Waals surface area contributed by atoms with E-state index in [2.05, 4.69) is 0 Å². The van der Waals surface area contributed by atoms with Gasteiger partial charge >= 0.3 is 5.97 Å². The molecule has 0 aromatic heterocycles. The van der Waals surface area contributed by atoms with Gasteiger partial charge in [-0.3, -0.25) is 4.79 Å². The zero-order chi connectivity index (χ0) is 14.3. The van der Waals surface area contributed by atoms with E-state index in [1.807, 2.05) is 0 Å². The van der Waals surface area contributed by atoms with Crippen LogP contribution < -0.4 is 0 Å². The molecule has 1 atom stereocenters. The van der Waals surface area contributed by atoms with Crippen LogP contribution in [0.5, 0.6) is 0 Å². The number of carbonyl (C=O) groups is 2. The summed E-state index contributed by atoms with van der Waals surface area (Å²) in [6, 6.07) is 5.53. The van der Waals surface area contributed by atoms with E-state index in [9.17, 15) is 19.1 Å². The van der Waals surface area contributed by atoms with Crippen molar-refractivity contribution in [3.05, 3.63) is 35.6 Å². The van der Waals surface area contributed by atoms with Crippen LogP contribution in [0.1, 0.15) is 31.2 Å². The summed E-state index contributed by atoms with van der Waals surface area (Å²) in [5.41, 5.74) is -0.426. The maximum absolute atomic E-state index is 13.9. The molecule has 1 aromatic carbocycles. The fourth-order valence-electron chi connectivity index (χ4n) is 3.11. The summed E-state index contributed by atoms with van der Waals surface area (Å²) in [6.45, 7) is 0.450. The lowest BCUT2D eigenvalue weighted by atomic mass is 9.93. The summed E-state index contributed by atoms with van der Waals surface area (Å²) in [5, 5.41) is 9.18. The molecule has 1 aliphatic carbocycles. The first-order valence-corrected chi connectivity index (χ1v) is 6.85. The average molecular weight is 277 g/mol. The maximum Gasteiger partial charge on any atom is 0.326 e. The van der Waals surface area contributed by atoms with E-state index in [0.717, 1.165) is 0 Å². The third kappa shape index (κ3) is 1.88. The molecule has 0 bridgehead atoms. The molecule has 1 aliphatic heterocycles. The first kappa shape index (κ1) is 13.1. The molecule has 2 aliphatic rings. The molecule has 0 radical (unpaired) electrons. The monoisotopic (exact) mass is 277 g/mol. The molecule has 3 rings (SSSR count). The Morgan fingerprint density at radius 1 is 1.30 bits per heavy atom. The van der Waals surface area contributed by atoms with Crippen molar-refractivity contribution in [3.63, 3.8) is 0 Å². The fourth-order valence-corrected chi connectivity index (χ4v) is 3.11. The van der Waals surface area contributed by atoms with Gasteiger partial charge in [0.25, 0.3) is 0 Å². The summed E-state index contributed by atoms with van der Waals surface area (Å²) < 4.78 is 13.9. The summed E-state index contributed by atoms with van der Waals surface area (Å²) >= 11 is 0. The van der Waals surface area contributed by atoms with E-state index in [1.54, 1.807) is 18.2 Å². The van der Waals surface area contributed by atoms with Gasteiger partial charge in [-0.05, 0) is 31.7 Å². The zero-order valence-electron chi connectivity index (χ0n) is 11.0. The van der Waals surface area contributed by atoms with Crippen LogP contribution in [0.3, 0.4) is 0 Å². The van der Waals surface area contributed by atoms with Crippen LogP contribution in [-0.2, 0) is 15.0 Å². The second-order valence-electron chi connectivity index (χ2n) is 5.56. The van der Waals surface area contributed by atoms with Crippen LogP contribution in [-0.4, -0.2) is 34.5 Å². The summed E-state index contributed by atoms with van der Waals surface area (Å²) in [6.07, 6.45) is 2.36. The first-order chi connectivity index (χ1) is 9.56. The molecule has 20 heavy (non-hydrogen) atoms. The van der Waals surface area contributed by atoms with E-state index in [1.165, 1.54) is 11.0 Å². The van der Waals surface area contributed by atoms with E-state index < -0.39 is 17.4 Å². The molecule has 5 heteroatoms. The van der Waals surface area contributed by atoms with Gasteiger partial charge in [0.15, 0.2) is 0 Å². The highest BCUT2D eigenvalue weighted by molar-refractivity contribution is 5.94. The van der Waals surface area contributed by atoms with Gasteiger partial charge in [0.1, 0.15) is 11.9 Å². The number of likely N-dealkylation sites (tertiary alicyclic amines) is 1. The number of benzene rings is 1. The molecule has 1 aromatic rings. The van der Waals surface area contributed by atoms with Crippen molar-refractivity contribution in [2.24, 2.45) is 0 Å². The second-order valence-corrected chi connectivity index (χ2v) is 5.56. The van der Waals surface area contributed by atoms with Crippen molar-refractivity contribution in [3.8, 4) is 0 Å². The van der Waals surface area contributed by atoms with Gasteiger partial charge in [-0.2, -0.15) is 0 Å². The number of carboxylic acids is 1. The Morgan fingerprint density at radius 2 is 2.00 bits per heavy atom. The minimum Gasteiger partial charge on any atom is -0.480 e. The molecule has 1 saturated carbocycles. The van der Waals surface area contributed by atoms with Crippen molar-refractivity contribution in [2.45, 2.75) is 37.1 Å². The van der Waals surface area contributed by atoms with Crippen molar-refractivity contribution >= 4 is 11.9 Å². The van der Waals surface area contributed by atoms with Gasteiger partial charge in [0, 0.05) is 12.1 Å². The molecule has 0 spiro atoms. The smallest absolute Gasteiger partial charge is 0.326 e. The number of aliphatic carboxylic acids is 1. The molecule has 2 fully saturated rings. The fraction of sp³-hybridized carbons (Fsp3) is 0.467. The van der Waals surface area contributed by atoms with Crippen LogP contribution in [0.2, 0.25) is 0 Å². The Hall–Kier alpha value is -1.91. The normalized spacial score (nSPS) is 23.6. The maximum atomic E-state index is 13.9. The Bertz CT molecular complexity index is 568. The predicted octanol–water partition coefficient (Wildman–Crippen LogP) is 1.93. The van der Waals surface area contributed by atoms with Gasteiger partial charge in [0.2, 0.25) is 5.91 Å². The van der Waals surface area contributed by atoms with Crippen molar-refractivity contribution in [2.75, 3.05) is 6.54 Å². The lowest BCUT2D eigenvalue weighted by molar-refractivity contribution is -0.149. The standard InChI is InChI=1S/C15H16FNO3/c16-11-5-2-1-4-10(11)15(7-8-15)14(20)17-9-3-6-12(17)13(18)19/h1-2,4-5,12H,3,6-9H2,(H,18,19). The van der Waals surface area contributed by atoms with Crippen LogP contribution in [0, 0.1) is 5.82 Å². The third-order valence-corrected chi connectivity index (χ3v) is 4.35. The van der Waals surface area contributed by atoms with Crippen LogP contribution in [0.25, 0.3) is 0 Å². The number of amides is 1. The first-order valence-electron chi connectivity index (χ1n) is 6.85. The molecule has 4 nitrogen and oxygen atoms in total. The number of carbonyl (C=O) groups excluding carboxylic acids is 1. The van der Waals surface area contributed by atoms with Gasteiger partial charge in [-0.15, -0.1) is 0 Å². The highest BCUT2D eigenvalue weighted by atomic mass is 19.1. The summed E-state index contributed by atoms with van der Waals surface area (Å²) in [5.74, 6) is -1.59. The number of rotatable bonds is 3. The molecule has 1 heterocycles. The molecule has 1 N–H and O–H groups in total. The topological polar surface area (TPSA) is 57.6 Å². The quantitative estimate of drug-likeness (QED) is 0.918. The van der Waals surface area contributed by atoms with Crippen molar-refractivity contribution in [1.82, 2.24) is 4.90 Å². The average Bonchev–Trinajstić information content (AvgIpc) is 3.07. The van der Waals surface area contributed by atoms with Gasteiger partial charge in [-0.1, -0.05) is 18.2 Å². The molecular weight excluding hydrogens is 261 g/mol. The lowest BCUT2D eigenvalue weighted by Gasteiger charge is -2.27.